The molecule has 2 aromatic carbocycles. The number of pyridine rings is 1. The summed E-state index contributed by atoms with van der Waals surface area (Å²) in [7, 11) is 3.15. The molecular weight excluding hydrogens is 420 g/mol. The smallest absolute Gasteiger partial charge is 0.412 e. The van der Waals surface area contributed by atoms with Gasteiger partial charge in [0.25, 0.3) is 0 Å². The lowest BCUT2D eigenvalue weighted by Crippen LogP contribution is -2.39. The van der Waals surface area contributed by atoms with E-state index in [4.69, 9.17) is 20.6 Å². The molecule has 0 spiro atoms. The lowest BCUT2D eigenvalue weighted by atomic mass is 10.0. The van der Waals surface area contributed by atoms with Crippen molar-refractivity contribution < 1.29 is 24.1 Å². The Morgan fingerprint density at radius 2 is 1.79 bits per heavy atom. The summed E-state index contributed by atoms with van der Waals surface area (Å²) in [5.41, 5.74) is 2.86. The highest BCUT2D eigenvalue weighted by Crippen LogP contribution is 2.39. The third-order valence-electron chi connectivity index (χ3n) is 5.58. The van der Waals surface area contributed by atoms with Crippen LogP contribution in [0.2, 0.25) is 0 Å². The fourth-order valence-corrected chi connectivity index (χ4v) is 3.81. The Labute approximate surface area is 193 Å². The van der Waals surface area contributed by atoms with Gasteiger partial charge in [0.05, 0.1) is 31.5 Å². The average Bonchev–Trinajstić information content (AvgIpc) is 2.80. The molecule has 1 heterocycles. The number of terminal acetylenes is 1. The molecule has 0 fully saturated rings. The Morgan fingerprint density at radius 1 is 1.09 bits per heavy atom. The predicted octanol–water partition coefficient (Wildman–Crippen LogP) is 5.95. The SMILES string of the molecule is C#CCC(CC)N(C(=O)O)c1cc(C)c(Oc2ccnc3cc(OC)c(OC)cc23)cc1C. The number of amides is 1. The first-order valence-electron chi connectivity index (χ1n) is 10.6. The van der Waals surface area contributed by atoms with Crippen molar-refractivity contribution in [3.63, 3.8) is 0 Å². The van der Waals surface area contributed by atoms with Crippen LogP contribution in [0.5, 0.6) is 23.0 Å². The summed E-state index contributed by atoms with van der Waals surface area (Å²) in [6.07, 6.45) is 7.06. The fraction of sp³-hybridized carbons (Fsp3) is 0.308. The van der Waals surface area contributed by atoms with Crippen LogP contribution in [0.25, 0.3) is 10.9 Å². The number of benzene rings is 2. The van der Waals surface area contributed by atoms with Gasteiger partial charge in [-0.15, -0.1) is 12.3 Å². The number of aromatic nitrogens is 1. The molecule has 33 heavy (non-hydrogen) atoms. The molecule has 1 amide bonds. The van der Waals surface area contributed by atoms with E-state index in [1.54, 1.807) is 32.5 Å². The number of ether oxygens (including phenoxy) is 3. The highest BCUT2D eigenvalue weighted by Gasteiger charge is 2.25. The van der Waals surface area contributed by atoms with Crippen molar-refractivity contribution in [1.29, 1.82) is 0 Å². The number of nitrogens with zero attached hydrogens (tertiary/aromatic N) is 2. The topological polar surface area (TPSA) is 81.1 Å². The van der Waals surface area contributed by atoms with E-state index < -0.39 is 6.09 Å². The van der Waals surface area contributed by atoms with E-state index in [1.807, 2.05) is 39.0 Å². The lowest BCUT2D eigenvalue weighted by Gasteiger charge is -2.29. The second kappa shape index (κ2) is 10.1. The minimum atomic E-state index is -1.03. The van der Waals surface area contributed by atoms with Gasteiger partial charge in [-0.05, 0) is 55.7 Å². The molecule has 172 valence electrons. The number of anilines is 1. The van der Waals surface area contributed by atoms with Gasteiger partial charge in [-0.3, -0.25) is 9.88 Å². The third-order valence-corrected chi connectivity index (χ3v) is 5.58. The van der Waals surface area contributed by atoms with Gasteiger partial charge < -0.3 is 19.3 Å². The first-order chi connectivity index (χ1) is 15.8. The second-order valence-electron chi connectivity index (χ2n) is 7.66. The van der Waals surface area contributed by atoms with Gasteiger partial charge in [0.15, 0.2) is 11.5 Å². The minimum Gasteiger partial charge on any atom is -0.493 e. The Bertz CT molecular complexity index is 1220. The molecule has 1 unspecified atom stereocenters. The molecule has 0 aliphatic heterocycles. The van der Waals surface area contributed by atoms with Crippen LogP contribution < -0.4 is 19.1 Å². The second-order valence-corrected chi connectivity index (χ2v) is 7.66. The molecule has 1 N–H and O–H groups in total. The molecule has 0 saturated carbocycles. The highest BCUT2D eigenvalue weighted by molar-refractivity contribution is 5.89. The molecule has 7 heteroatoms. The van der Waals surface area contributed by atoms with Gasteiger partial charge in [-0.1, -0.05) is 6.92 Å². The van der Waals surface area contributed by atoms with E-state index in [-0.39, 0.29) is 6.04 Å². The van der Waals surface area contributed by atoms with E-state index in [9.17, 15) is 9.90 Å². The zero-order valence-corrected chi connectivity index (χ0v) is 19.5. The predicted molar refractivity (Wildman–Crippen MR) is 129 cm³/mol. The van der Waals surface area contributed by atoms with Crippen molar-refractivity contribution in [3.8, 4) is 35.3 Å². The van der Waals surface area contributed by atoms with Gasteiger partial charge in [0.1, 0.15) is 11.5 Å². The van der Waals surface area contributed by atoms with Crippen molar-refractivity contribution >= 4 is 22.7 Å². The van der Waals surface area contributed by atoms with Crippen LogP contribution >= 0.6 is 0 Å². The van der Waals surface area contributed by atoms with Crippen LogP contribution in [0.15, 0.2) is 36.5 Å². The number of hydrogen-bond donors (Lipinski definition) is 1. The van der Waals surface area contributed by atoms with Crippen molar-refractivity contribution in [2.45, 2.75) is 39.7 Å². The first kappa shape index (κ1) is 23.7. The van der Waals surface area contributed by atoms with Crippen LogP contribution in [-0.4, -0.2) is 36.4 Å². The summed E-state index contributed by atoms with van der Waals surface area (Å²) in [6.45, 7) is 5.67. The zero-order chi connectivity index (χ0) is 24.1. The van der Waals surface area contributed by atoms with Crippen LogP contribution in [0, 0.1) is 26.2 Å². The monoisotopic (exact) mass is 448 g/mol. The summed E-state index contributed by atoms with van der Waals surface area (Å²) in [5.74, 6) is 4.96. The average molecular weight is 449 g/mol. The number of hydrogen-bond acceptors (Lipinski definition) is 5. The van der Waals surface area contributed by atoms with Crippen LogP contribution in [0.3, 0.4) is 0 Å². The van der Waals surface area contributed by atoms with E-state index in [2.05, 4.69) is 10.9 Å². The molecule has 0 radical (unpaired) electrons. The summed E-state index contributed by atoms with van der Waals surface area (Å²) in [5, 5.41) is 10.6. The molecule has 0 aliphatic rings. The Balaban J connectivity index is 2.04. The van der Waals surface area contributed by atoms with E-state index in [1.165, 1.54) is 4.90 Å². The first-order valence-corrected chi connectivity index (χ1v) is 10.6. The molecule has 0 saturated heterocycles. The Hall–Kier alpha value is -3.92. The number of carboxylic acid groups (broad SMARTS) is 1. The molecule has 0 bridgehead atoms. The molecule has 1 atom stereocenters. The summed E-state index contributed by atoms with van der Waals surface area (Å²) in [6, 6.07) is 8.76. The van der Waals surface area contributed by atoms with Crippen LogP contribution in [0.4, 0.5) is 10.5 Å². The lowest BCUT2D eigenvalue weighted by molar-refractivity contribution is 0.198. The standard InChI is InChI=1S/C26H28N2O5/c1-7-9-18(8-2)28(26(29)30)21-12-17(4)23(13-16(21)3)33-22-10-11-27-20-15-25(32-6)24(31-5)14-19(20)22/h1,10-15,18H,8-9H2,2-6H3,(H,29,30). The quantitative estimate of drug-likeness (QED) is 0.429. The molecule has 1 aromatic heterocycles. The molecule has 3 rings (SSSR count). The molecule has 0 aliphatic carbocycles. The van der Waals surface area contributed by atoms with Gasteiger partial charge in [0, 0.05) is 24.1 Å². The number of rotatable bonds is 8. The summed E-state index contributed by atoms with van der Waals surface area (Å²) >= 11 is 0. The van der Waals surface area contributed by atoms with Gasteiger partial charge >= 0.3 is 6.09 Å². The fourth-order valence-electron chi connectivity index (χ4n) is 3.81. The van der Waals surface area contributed by atoms with E-state index >= 15 is 0 Å². The van der Waals surface area contributed by atoms with E-state index in [0.29, 0.717) is 47.0 Å². The van der Waals surface area contributed by atoms with Crippen molar-refractivity contribution in [3.05, 3.63) is 47.7 Å². The highest BCUT2D eigenvalue weighted by atomic mass is 16.5. The maximum Gasteiger partial charge on any atom is 0.412 e. The summed E-state index contributed by atoms with van der Waals surface area (Å²) in [4.78, 5) is 17.8. The summed E-state index contributed by atoms with van der Waals surface area (Å²) < 4.78 is 17.1. The number of fused-ring (bicyclic) bond motifs is 1. The van der Waals surface area contributed by atoms with Crippen LogP contribution in [0.1, 0.15) is 30.9 Å². The van der Waals surface area contributed by atoms with Gasteiger partial charge in [0.2, 0.25) is 0 Å². The Morgan fingerprint density at radius 3 is 2.39 bits per heavy atom. The largest absolute Gasteiger partial charge is 0.493 e. The van der Waals surface area contributed by atoms with Crippen LogP contribution in [-0.2, 0) is 0 Å². The maximum absolute atomic E-state index is 12.1. The van der Waals surface area contributed by atoms with E-state index in [0.717, 1.165) is 16.5 Å². The number of carbonyl (C=O) groups is 1. The molecule has 3 aromatic rings. The zero-order valence-electron chi connectivity index (χ0n) is 19.5. The Kier molecular flexibility index (Phi) is 7.29. The molecule has 7 nitrogen and oxygen atoms in total. The third kappa shape index (κ3) is 4.80. The van der Waals surface area contributed by atoms with Crippen molar-refractivity contribution in [1.82, 2.24) is 4.98 Å². The number of methoxy groups -OCH3 is 2. The minimum absolute atomic E-state index is 0.302. The van der Waals surface area contributed by atoms with Crippen molar-refractivity contribution in [2.75, 3.05) is 19.1 Å². The van der Waals surface area contributed by atoms with Crippen molar-refractivity contribution in [2.24, 2.45) is 0 Å². The molecular formula is C26H28N2O5. The maximum atomic E-state index is 12.1. The normalized spacial score (nSPS) is 11.5. The number of aryl methyl sites for hydroxylation is 2. The van der Waals surface area contributed by atoms with Gasteiger partial charge in [-0.2, -0.15) is 0 Å². The van der Waals surface area contributed by atoms with Gasteiger partial charge in [-0.25, -0.2) is 4.79 Å².